The molecule has 0 saturated carbocycles. The summed E-state index contributed by atoms with van der Waals surface area (Å²) in [5, 5.41) is 8.64. The van der Waals surface area contributed by atoms with Crippen LogP contribution in [0, 0.1) is 6.92 Å². The lowest BCUT2D eigenvalue weighted by Gasteiger charge is -2.12. The molecule has 0 fully saturated rings. The van der Waals surface area contributed by atoms with Crippen molar-refractivity contribution in [2.45, 2.75) is 6.92 Å². The molecular formula is C28H24N4O2. The number of aromatic amines is 1. The van der Waals surface area contributed by atoms with E-state index in [-0.39, 0.29) is 5.91 Å². The Balaban J connectivity index is 1.53. The number of rotatable bonds is 5. The Hall–Kier alpha value is -4.45. The fourth-order valence-electron chi connectivity index (χ4n) is 3.98. The average Bonchev–Trinajstić information content (AvgIpc) is 3.26. The van der Waals surface area contributed by atoms with Crippen LogP contribution in [0.2, 0.25) is 0 Å². The number of hydrogen-bond acceptors (Lipinski definition) is 4. The van der Waals surface area contributed by atoms with Gasteiger partial charge in [-0.05, 0) is 61.0 Å². The summed E-state index contributed by atoms with van der Waals surface area (Å²) < 4.78 is 5.92. The van der Waals surface area contributed by atoms with Crippen LogP contribution in [0.25, 0.3) is 33.3 Å². The van der Waals surface area contributed by atoms with Crippen molar-refractivity contribution in [3.63, 3.8) is 0 Å². The van der Waals surface area contributed by atoms with E-state index in [1.807, 2.05) is 92.0 Å². The highest BCUT2D eigenvalue weighted by Gasteiger charge is 2.17. The van der Waals surface area contributed by atoms with Gasteiger partial charge in [0.25, 0.3) is 5.91 Å². The second-order valence-corrected chi connectivity index (χ2v) is 8.31. The van der Waals surface area contributed by atoms with Gasteiger partial charge in [-0.2, -0.15) is 5.10 Å². The normalized spacial score (nSPS) is 10.9. The fraction of sp³-hybridized carbons (Fsp3) is 0.107. The van der Waals surface area contributed by atoms with Crippen LogP contribution in [-0.2, 0) is 0 Å². The molecule has 0 bridgehead atoms. The van der Waals surface area contributed by atoms with Crippen LogP contribution < -0.4 is 4.74 Å². The molecule has 0 aliphatic rings. The lowest BCUT2D eigenvalue weighted by Crippen LogP contribution is -2.21. The van der Waals surface area contributed by atoms with Crippen molar-refractivity contribution in [3.05, 3.63) is 96.3 Å². The van der Waals surface area contributed by atoms with Gasteiger partial charge < -0.3 is 9.64 Å². The lowest BCUT2D eigenvalue weighted by molar-refractivity contribution is 0.0827. The summed E-state index contributed by atoms with van der Waals surface area (Å²) >= 11 is 0. The first-order valence-electron chi connectivity index (χ1n) is 11.0. The molecule has 0 unspecified atom stereocenters. The van der Waals surface area contributed by atoms with Crippen LogP contribution in [-0.4, -0.2) is 40.1 Å². The standard InChI is InChI=1S/C28H24N4O2/c1-18-25-26(19-12-14-23(15-13-19)34-22-10-5-4-6-11-22)29-17-24(27(25)31-30-18)20-8-7-9-21(16-20)28(33)32(2)3/h4-17H,1-3H3,(H,30,31). The number of nitrogens with zero attached hydrogens (tertiary/aromatic N) is 3. The number of aryl methyl sites for hydroxylation is 1. The molecule has 2 aromatic heterocycles. The Morgan fingerprint density at radius 3 is 2.35 bits per heavy atom. The zero-order valence-corrected chi connectivity index (χ0v) is 19.2. The van der Waals surface area contributed by atoms with E-state index in [9.17, 15) is 4.79 Å². The van der Waals surface area contributed by atoms with Gasteiger partial charge in [-0.1, -0.05) is 30.3 Å². The smallest absolute Gasteiger partial charge is 0.253 e. The summed E-state index contributed by atoms with van der Waals surface area (Å²) in [6.45, 7) is 1.99. The second-order valence-electron chi connectivity index (χ2n) is 8.31. The van der Waals surface area contributed by atoms with Crippen LogP contribution >= 0.6 is 0 Å². The molecule has 0 spiro atoms. The van der Waals surface area contributed by atoms with E-state index in [0.717, 1.165) is 50.5 Å². The molecule has 2 heterocycles. The zero-order valence-electron chi connectivity index (χ0n) is 19.2. The predicted octanol–water partition coefficient (Wildman–Crippen LogP) is 6.09. The maximum Gasteiger partial charge on any atom is 0.253 e. The van der Waals surface area contributed by atoms with Crippen molar-refractivity contribution in [3.8, 4) is 33.9 Å². The third-order valence-corrected chi connectivity index (χ3v) is 5.70. The first-order chi connectivity index (χ1) is 16.5. The quantitative estimate of drug-likeness (QED) is 0.353. The van der Waals surface area contributed by atoms with Gasteiger partial charge in [-0.15, -0.1) is 0 Å². The van der Waals surface area contributed by atoms with Gasteiger partial charge in [0.05, 0.1) is 5.69 Å². The molecule has 0 saturated heterocycles. The fourth-order valence-corrected chi connectivity index (χ4v) is 3.98. The minimum atomic E-state index is -0.0429. The molecule has 0 aliphatic heterocycles. The highest BCUT2D eigenvalue weighted by atomic mass is 16.5. The minimum absolute atomic E-state index is 0.0429. The topological polar surface area (TPSA) is 71.1 Å². The maximum atomic E-state index is 12.5. The highest BCUT2D eigenvalue weighted by molar-refractivity contribution is 6.03. The van der Waals surface area contributed by atoms with E-state index >= 15 is 0 Å². The number of fused-ring (bicyclic) bond motifs is 1. The molecule has 0 aliphatic carbocycles. The summed E-state index contributed by atoms with van der Waals surface area (Å²) in [5.41, 5.74) is 5.97. The predicted molar refractivity (Wildman–Crippen MR) is 134 cm³/mol. The van der Waals surface area contributed by atoms with Crippen LogP contribution in [0.4, 0.5) is 0 Å². The van der Waals surface area contributed by atoms with Crippen LogP contribution in [0.3, 0.4) is 0 Å². The molecular weight excluding hydrogens is 424 g/mol. The van der Waals surface area contributed by atoms with Crippen molar-refractivity contribution in [2.24, 2.45) is 0 Å². The van der Waals surface area contributed by atoms with Crippen LogP contribution in [0.5, 0.6) is 11.5 Å². The highest BCUT2D eigenvalue weighted by Crippen LogP contribution is 2.35. The van der Waals surface area contributed by atoms with Gasteiger partial charge in [0, 0.05) is 48.1 Å². The van der Waals surface area contributed by atoms with E-state index in [0.29, 0.717) is 5.56 Å². The van der Waals surface area contributed by atoms with Crippen molar-refractivity contribution in [1.82, 2.24) is 20.1 Å². The molecule has 1 N–H and O–H groups in total. The first kappa shape index (κ1) is 21.4. The molecule has 0 radical (unpaired) electrons. The van der Waals surface area contributed by atoms with Crippen molar-refractivity contribution < 1.29 is 9.53 Å². The van der Waals surface area contributed by atoms with Gasteiger partial charge in [-0.25, -0.2) is 0 Å². The largest absolute Gasteiger partial charge is 0.457 e. The maximum absolute atomic E-state index is 12.5. The van der Waals surface area contributed by atoms with Gasteiger partial charge in [-0.3, -0.25) is 14.9 Å². The summed E-state index contributed by atoms with van der Waals surface area (Å²) in [5.74, 6) is 1.51. The summed E-state index contributed by atoms with van der Waals surface area (Å²) in [6, 6.07) is 25.1. The van der Waals surface area contributed by atoms with Gasteiger partial charge >= 0.3 is 0 Å². The van der Waals surface area contributed by atoms with E-state index in [1.54, 1.807) is 19.0 Å². The van der Waals surface area contributed by atoms with Crippen LogP contribution in [0.15, 0.2) is 85.1 Å². The number of H-pyrrole nitrogens is 1. The summed E-state index contributed by atoms with van der Waals surface area (Å²) in [4.78, 5) is 18.8. The van der Waals surface area contributed by atoms with E-state index in [2.05, 4.69) is 10.2 Å². The Morgan fingerprint density at radius 1 is 0.882 bits per heavy atom. The van der Waals surface area contributed by atoms with Crippen molar-refractivity contribution in [2.75, 3.05) is 14.1 Å². The lowest BCUT2D eigenvalue weighted by atomic mass is 9.99. The molecule has 5 aromatic rings. The Labute approximate surface area is 197 Å². The van der Waals surface area contributed by atoms with E-state index in [1.165, 1.54) is 0 Å². The van der Waals surface area contributed by atoms with Gasteiger partial charge in [0.1, 0.15) is 17.0 Å². The van der Waals surface area contributed by atoms with Gasteiger partial charge in [0.15, 0.2) is 0 Å². The third kappa shape index (κ3) is 4.01. The number of carbonyl (C=O) groups is 1. The molecule has 6 nitrogen and oxygen atoms in total. The number of pyridine rings is 1. The molecule has 6 heteroatoms. The van der Waals surface area contributed by atoms with Crippen molar-refractivity contribution in [1.29, 1.82) is 0 Å². The number of nitrogens with one attached hydrogen (secondary N) is 1. The van der Waals surface area contributed by atoms with E-state index in [4.69, 9.17) is 9.72 Å². The first-order valence-corrected chi connectivity index (χ1v) is 11.0. The molecule has 168 valence electrons. The Kier molecular flexibility index (Phi) is 5.55. The van der Waals surface area contributed by atoms with Crippen molar-refractivity contribution >= 4 is 16.8 Å². The molecule has 34 heavy (non-hydrogen) atoms. The molecule has 5 rings (SSSR count). The third-order valence-electron chi connectivity index (χ3n) is 5.70. The zero-order chi connectivity index (χ0) is 23.7. The average molecular weight is 449 g/mol. The second kappa shape index (κ2) is 8.83. The van der Waals surface area contributed by atoms with E-state index < -0.39 is 0 Å². The van der Waals surface area contributed by atoms with Crippen LogP contribution in [0.1, 0.15) is 16.1 Å². The van der Waals surface area contributed by atoms with Gasteiger partial charge in [0.2, 0.25) is 0 Å². The number of ether oxygens (including phenoxy) is 1. The Morgan fingerprint density at radius 2 is 1.62 bits per heavy atom. The molecule has 0 atom stereocenters. The number of carbonyl (C=O) groups excluding carboxylic acids is 1. The summed E-state index contributed by atoms with van der Waals surface area (Å²) in [7, 11) is 3.49. The monoisotopic (exact) mass is 448 g/mol. The number of amides is 1. The minimum Gasteiger partial charge on any atom is -0.457 e. The molecule has 3 aromatic carbocycles. The number of para-hydroxylation sites is 1. The number of benzene rings is 3. The Bertz CT molecular complexity index is 1470. The SMILES string of the molecule is Cc1[nH]nc2c(-c3cccc(C(=O)N(C)C)c3)cnc(-c3ccc(Oc4ccccc4)cc3)c12. The summed E-state index contributed by atoms with van der Waals surface area (Å²) in [6.07, 6.45) is 1.82. The number of hydrogen-bond donors (Lipinski definition) is 1. The molecule has 1 amide bonds. The number of aromatic nitrogens is 3.